The lowest BCUT2D eigenvalue weighted by atomic mass is 10.1. The van der Waals surface area contributed by atoms with E-state index in [1.165, 1.54) is 12.3 Å². The van der Waals surface area contributed by atoms with Crippen molar-refractivity contribution in [2.24, 2.45) is 7.05 Å². The van der Waals surface area contributed by atoms with Crippen LogP contribution in [-0.4, -0.2) is 18.0 Å². The number of nitrogens with zero attached hydrogens (tertiary/aromatic N) is 2. The fourth-order valence-corrected chi connectivity index (χ4v) is 4.13. The van der Waals surface area contributed by atoms with Crippen molar-refractivity contribution in [1.82, 2.24) is 14.3 Å². The first-order chi connectivity index (χ1) is 12.7. The Hall–Kier alpha value is -2.65. The van der Waals surface area contributed by atoms with Crippen molar-refractivity contribution in [3.63, 3.8) is 0 Å². The average molecular weight is 395 g/mol. The van der Waals surface area contributed by atoms with Gasteiger partial charge in [0.15, 0.2) is 0 Å². The normalized spacial score (nSPS) is 13.5. The van der Waals surface area contributed by atoms with Crippen molar-refractivity contribution >= 4 is 10.0 Å². The van der Waals surface area contributed by atoms with Gasteiger partial charge >= 0.3 is 6.18 Å². The minimum atomic E-state index is -4.79. The van der Waals surface area contributed by atoms with E-state index in [4.69, 9.17) is 0 Å². The molecule has 1 unspecified atom stereocenters. The van der Waals surface area contributed by atoms with Gasteiger partial charge < -0.3 is 4.57 Å². The number of aromatic nitrogens is 2. The number of hydrogen-bond acceptors (Lipinski definition) is 3. The van der Waals surface area contributed by atoms with Gasteiger partial charge in [0.25, 0.3) is 0 Å². The molecule has 3 rings (SSSR count). The Kier molecular flexibility index (Phi) is 5.07. The number of alkyl halides is 3. The molecule has 0 fully saturated rings. The number of benzene rings is 2. The van der Waals surface area contributed by atoms with Crippen LogP contribution in [-0.2, 0) is 23.2 Å². The molecule has 2 aromatic carbocycles. The van der Waals surface area contributed by atoms with Crippen LogP contribution in [0.15, 0.2) is 71.9 Å². The van der Waals surface area contributed by atoms with Crippen LogP contribution in [0.25, 0.3) is 0 Å². The summed E-state index contributed by atoms with van der Waals surface area (Å²) in [6.07, 6.45) is -1.68. The maximum atomic E-state index is 13.3. The Labute approximate surface area is 154 Å². The van der Waals surface area contributed by atoms with E-state index in [1.807, 2.05) is 0 Å². The van der Waals surface area contributed by atoms with Gasteiger partial charge in [-0.1, -0.05) is 42.5 Å². The Bertz CT molecular complexity index is 1030. The SMILES string of the molecule is Cn1ccnc1C(NS(=O)(=O)c1ccccc1C(F)(F)F)c1ccccc1. The molecule has 3 aromatic rings. The van der Waals surface area contributed by atoms with Crippen molar-refractivity contribution in [1.29, 1.82) is 0 Å². The summed E-state index contributed by atoms with van der Waals surface area (Å²) in [5, 5.41) is 0. The number of nitrogens with one attached hydrogen (secondary N) is 1. The molecule has 0 aliphatic rings. The number of aryl methyl sites for hydroxylation is 1. The van der Waals surface area contributed by atoms with Gasteiger partial charge in [0.05, 0.1) is 10.5 Å². The molecular formula is C18H16F3N3O2S. The molecule has 0 amide bonds. The molecular weight excluding hydrogens is 379 g/mol. The van der Waals surface area contributed by atoms with Crippen LogP contribution in [0.4, 0.5) is 13.2 Å². The van der Waals surface area contributed by atoms with E-state index in [2.05, 4.69) is 9.71 Å². The molecule has 0 saturated carbocycles. The minimum absolute atomic E-state index is 0.356. The Morgan fingerprint density at radius 2 is 1.67 bits per heavy atom. The fraction of sp³-hybridized carbons (Fsp3) is 0.167. The van der Waals surface area contributed by atoms with Crippen LogP contribution in [0.3, 0.4) is 0 Å². The second kappa shape index (κ2) is 7.16. The van der Waals surface area contributed by atoms with Crippen molar-refractivity contribution in [2.45, 2.75) is 17.1 Å². The number of sulfonamides is 1. The number of halogens is 3. The molecule has 27 heavy (non-hydrogen) atoms. The lowest BCUT2D eigenvalue weighted by Gasteiger charge is -2.20. The topological polar surface area (TPSA) is 64.0 Å². The second-order valence-electron chi connectivity index (χ2n) is 5.86. The fourth-order valence-electron chi connectivity index (χ4n) is 2.72. The van der Waals surface area contributed by atoms with Crippen LogP contribution in [0.5, 0.6) is 0 Å². The van der Waals surface area contributed by atoms with E-state index in [-0.39, 0.29) is 0 Å². The van der Waals surface area contributed by atoms with Crippen LogP contribution in [0.1, 0.15) is 23.0 Å². The van der Waals surface area contributed by atoms with Gasteiger partial charge in [-0.05, 0) is 17.7 Å². The minimum Gasteiger partial charge on any atom is -0.336 e. The van der Waals surface area contributed by atoms with Crippen LogP contribution < -0.4 is 4.72 Å². The van der Waals surface area contributed by atoms with Gasteiger partial charge in [-0.2, -0.15) is 17.9 Å². The molecule has 0 bridgehead atoms. The zero-order valence-electron chi connectivity index (χ0n) is 14.2. The predicted molar refractivity (Wildman–Crippen MR) is 93.3 cm³/mol. The molecule has 1 atom stereocenters. The third kappa shape index (κ3) is 4.04. The summed E-state index contributed by atoms with van der Waals surface area (Å²) in [7, 11) is -2.81. The summed E-state index contributed by atoms with van der Waals surface area (Å²) >= 11 is 0. The summed E-state index contributed by atoms with van der Waals surface area (Å²) in [6, 6.07) is 11.7. The lowest BCUT2D eigenvalue weighted by molar-refractivity contribution is -0.139. The average Bonchev–Trinajstić information content (AvgIpc) is 3.05. The summed E-state index contributed by atoms with van der Waals surface area (Å²) in [4.78, 5) is 3.33. The zero-order valence-corrected chi connectivity index (χ0v) is 15.0. The third-order valence-corrected chi connectivity index (χ3v) is 5.49. The van der Waals surface area contributed by atoms with Crippen LogP contribution in [0.2, 0.25) is 0 Å². The molecule has 0 saturated heterocycles. The highest BCUT2D eigenvalue weighted by Crippen LogP contribution is 2.34. The highest BCUT2D eigenvalue weighted by Gasteiger charge is 2.38. The smallest absolute Gasteiger partial charge is 0.336 e. The summed E-state index contributed by atoms with van der Waals surface area (Å²) in [6.45, 7) is 0. The van der Waals surface area contributed by atoms with Gasteiger partial charge in [0, 0.05) is 19.4 Å². The standard InChI is InChI=1S/C18H16F3N3O2S/c1-24-12-11-22-17(24)16(13-7-3-2-4-8-13)23-27(25,26)15-10-6-5-9-14(15)18(19,20)21/h2-12,16,23H,1H3. The lowest BCUT2D eigenvalue weighted by Crippen LogP contribution is -2.32. The van der Waals surface area contributed by atoms with Crippen molar-refractivity contribution in [3.05, 3.63) is 83.9 Å². The zero-order chi connectivity index (χ0) is 19.7. The monoisotopic (exact) mass is 395 g/mol. The second-order valence-corrected chi connectivity index (χ2v) is 7.54. The van der Waals surface area contributed by atoms with E-state index >= 15 is 0 Å². The van der Waals surface area contributed by atoms with Crippen molar-refractivity contribution < 1.29 is 21.6 Å². The largest absolute Gasteiger partial charge is 0.417 e. The van der Waals surface area contributed by atoms with E-state index in [0.29, 0.717) is 11.4 Å². The Morgan fingerprint density at radius 3 is 2.26 bits per heavy atom. The summed E-state index contributed by atoms with van der Waals surface area (Å²) in [5.74, 6) is 0.356. The van der Waals surface area contributed by atoms with Crippen LogP contribution >= 0.6 is 0 Å². The molecule has 9 heteroatoms. The molecule has 142 valence electrons. The number of hydrogen-bond donors (Lipinski definition) is 1. The predicted octanol–water partition coefficient (Wildman–Crippen LogP) is 3.51. The van der Waals surface area contributed by atoms with Gasteiger partial charge in [-0.3, -0.25) is 0 Å². The van der Waals surface area contributed by atoms with E-state index in [0.717, 1.165) is 18.2 Å². The summed E-state index contributed by atoms with van der Waals surface area (Å²) in [5.41, 5.74) is -0.663. The molecule has 5 nitrogen and oxygen atoms in total. The highest BCUT2D eigenvalue weighted by atomic mass is 32.2. The number of imidazole rings is 1. The third-order valence-electron chi connectivity index (χ3n) is 4.00. The first-order valence-electron chi connectivity index (χ1n) is 7.91. The van der Waals surface area contributed by atoms with Crippen molar-refractivity contribution in [3.8, 4) is 0 Å². The molecule has 0 aliphatic heterocycles. The first kappa shape index (κ1) is 19.1. The van der Waals surface area contributed by atoms with Crippen molar-refractivity contribution in [2.75, 3.05) is 0 Å². The number of rotatable bonds is 5. The molecule has 0 aliphatic carbocycles. The molecule has 0 spiro atoms. The molecule has 1 heterocycles. The quantitative estimate of drug-likeness (QED) is 0.719. The Balaban J connectivity index is 2.08. The van der Waals surface area contributed by atoms with Gasteiger partial charge in [-0.25, -0.2) is 13.4 Å². The highest BCUT2D eigenvalue weighted by molar-refractivity contribution is 7.89. The maximum Gasteiger partial charge on any atom is 0.417 e. The van der Waals surface area contributed by atoms with Gasteiger partial charge in [0.1, 0.15) is 11.9 Å². The molecule has 1 aromatic heterocycles. The first-order valence-corrected chi connectivity index (χ1v) is 9.39. The van der Waals surface area contributed by atoms with Gasteiger partial charge in [0.2, 0.25) is 10.0 Å². The van der Waals surface area contributed by atoms with Gasteiger partial charge in [-0.15, -0.1) is 0 Å². The summed E-state index contributed by atoms with van der Waals surface area (Å²) < 4.78 is 69.5. The van der Waals surface area contributed by atoms with E-state index in [9.17, 15) is 21.6 Å². The molecule has 1 N–H and O–H groups in total. The van der Waals surface area contributed by atoms with E-state index < -0.39 is 32.7 Å². The molecule has 0 radical (unpaired) electrons. The van der Waals surface area contributed by atoms with E-state index in [1.54, 1.807) is 48.1 Å². The Morgan fingerprint density at radius 1 is 1.04 bits per heavy atom. The maximum absolute atomic E-state index is 13.3. The van der Waals surface area contributed by atoms with Crippen LogP contribution in [0, 0.1) is 0 Å².